The molecule has 2 heteroatoms. The van der Waals surface area contributed by atoms with Crippen molar-refractivity contribution >= 4 is 0 Å². The highest BCUT2D eigenvalue weighted by Crippen LogP contribution is 2.67. The summed E-state index contributed by atoms with van der Waals surface area (Å²) in [6.07, 6.45) is 7.27. The normalized spacial score (nSPS) is 59.2. The summed E-state index contributed by atoms with van der Waals surface area (Å²) in [5.41, 5.74) is 1.82. The van der Waals surface area contributed by atoms with E-state index < -0.39 is 12.2 Å². The minimum atomic E-state index is -0.529. The lowest BCUT2D eigenvalue weighted by molar-refractivity contribution is -0.213. The van der Waals surface area contributed by atoms with E-state index in [0.717, 1.165) is 19.3 Å². The zero-order valence-corrected chi connectivity index (χ0v) is 15.1. The molecule has 9 atom stereocenters. The van der Waals surface area contributed by atoms with E-state index in [0.29, 0.717) is 17.8 Å². The van der Waals surface area contributed by atoms with Crippen molar-refractivity contribution < 1.29 is 10.2 Å². The summed E-state index contributed by atoms with van der Waals surface area (Å²) in [7, 11) is 0. The minimum Gasteiger partial charge on any atom is -0.390 e. The van der Waals surface area contributed by atoms with Gasteiger partial charge in [0, 0.05) is 0 Å². The maximum atomic E-state index is 11.1. The molecule has 4 rings (SSSR count). The Morgan fingerprint density at radius 1 is 0.957 bits per heavy atom. The summed E-state index contributed by atoms with van der Waals surface area (Å²) < 4.78 is 0. The number of fused-ring (bicyclic) bond motifs is 5. The summed E-state index contributed by atoms with van der Waals surface area (Å²) in [5.74, 6) is 2.36. The lowest BCUT2D eigenvalue weighted by Crippen LogP contribution is -2.63. The highest BCUT2D eigenvalue weighted by Gasteiger charge is 2.63. The zero-order chi connectivity index (χ0) is 16.6. The first-order chi connectivity index (χ1) is 10.8. The topological polar surface area (TPSA) is 40.5 Å². The van der Waals surface area contributed by atoms with E-state index in [1.165, 1.54) is 31.3 Å². The van der Waals surface area contributed by atoms with Crippen molar-refractivity contribution in [2.75, 3.05) is 0 Å². The summed E-state index contributed by atoms with van der Waals surface area (Å²) >= 11 is 0. The second-order valence-electron chi connectivity index (χ2n) is 9.86. The largest absolute Gasteiger partial charge is 0.390 e. The van der Waals surface area contributed by atoms with Crippen molar-refractivity contribution in [3.63, 3.8) is 0 Å². The molecule has 0 aliphatic heterocycles. The number of aliphatic hydroxyl groups excluding tert-OH is 2. The maximum Gasteiger partial charge on any atom is 0.0835 e. The van der Waals surface area contributed by atoms with Gasteiger partial charge in [-0.25, -0.2) is 0 Å². The monoisotopic (exact) mass is 318 g/mol. The first kappa shape index (κ1) is 16.1. The highest BCUT2D eigenvalue weighted by molar-refractivity contribution is 5.23. The summed E-state index contributed by atoms with van der Waals surface area (Å²) in [4.78, 5) is 0. The van der Waals surface area contributed by atoms with Gasteiger partial charge in [-0.1, -0.05) is 39.3 Å². The molecular formula is C21H34O2. The third-order valence-electron chi connectivity index (χ3n) is 8.97. The van der Waals surface area contributed by atoms with Gasteiger partial charge < -0.3 is 10.2 Å². The van der Waals surface area contributed by atoms with Gasteiger partial charge in [-0.3, -0.25) is 0 Å². The van der Waals surface area contributed by atoms with Crippen molar-refractivity contribution in [3.8, 4) is 0 Å². The van der Waals surface area contributed by atoms with Crippen molar-refractivity contribution in [1.29, 1.82) is 0 Å². The first-order valence-corrected chi connectivity index (χ1v) is 9.83. The number of rotatable bonds is 0. The molecule has 2 N–H and O–H groups in total. The SMILES string of the molecule is C=C1CC[C@H]2[C@@H]3[C@@H](O)[C@H](O)[C@H]4C[C@@H](C)CC[C@]4(C)[C@H]3CC[C@]12C. The van der Waals surface area contributed by atoms with Crippen LogP contribution >= 0.6 is 0 Å². The van der Waals surface area contributed by atoms with Gasteiger partial charge in [0.25, 0.3) is 0 Å². The molecule has 23 heavy (non-hydrogen) atoms. The van der Waals surface area contributed by atoms with Crippen LogP contribution in [0.3, 0.4) is 0 Å². The number of hydrogen-bond acceptors (Lipinski definition) is 2. The smallest absolute Gasteiger partial charge is 0.0835 e. The molecule has 0 aromatic carbocycles. The molecule has 130 valence electrons. The van der Waals surface area contributed by atoms with Crippen LogP contribution in [0.15, 0.2) is 12.2 Å². The third kappa shape index (κ3) is 2.00. The van der Waals surface area contributed by atoms with E-state index in [4.69, 9.17) is 0 Å². The second-order valence-corrected chi connectivity index (χ2v) is 9.86. The Bertz CT molecular complexity index is 514. The fourth-order valence-corrected chi connectivity index (χ4v) is 7.37. The van der Waals surface area contributed by atoms with Gasteiger partial charge in [-0.05, 0) is 78.9 Å². The molecule has 0 saturated heterocycles. The fraction of sp³-hybridized carbons (Fsp3) is 0.905. The van der Waals surface area contributed by atoms with E-state index in [1.807, 2.05) is 0 Å². The standard InChI is InChI=1S/C21H34O2/c1-12-7-9-21(4)15-8-10-20(3)13(2)5-6-14(20)17(15)19(23)18(22)16(21)11-12/h12,14-19,22-23H,2,5-11H2,1,3-4H3/t12-,14-,15-,16+,17-,18+,19+,20+,21+/m0/s1. The summed E-state index contributed by atoms with van der Waals surface area (Å²) in [6.45, 7) is 11.5. The third-order valence-corrected chi connectivity index (χ3v) is 8.97. The Hall–Kier alpha value is -0.340. The lowest BCUT2D eigenvalue weighted by Gasteiger charge is -2.63. The van der Waals surface area contributed by atoms with Crippen LogP contribution < -0.4 is 0 Å². The molecule has 4 aliphatic carbocycles. The minimum absolute atomic E-state index is 0.201. The Morgan fingerprint density at radius 2 is 1.70 bits per heavy atom. The Labute approximate surface area is 141 Å². The molecule has 2 nitrogen and oxygen atoms in total. The van der Waals surface area contributed by atoms with Crippen LogP contribution in [0.2, 0.25) is 0 Å². The fourth-order valence-electron chi connectivity index (χ4n) is 7.37. The average Bonchev–Trinajstić information content (AvgIpc) is 2.82. The van der Waals surface area contributed by atoms with E-state index in [-0.39, 0.29) is 22.7 Å². The van der Waals surface area contributed by atoms with Gasteiger partial charge in [-0.15, -0.1) is 0 Å². The van der Waals surface area contributed by atoms with E-state index in [1.54, 1.807) is 0 Å². The predicted molar refractivity (Wildman–Crippen MR) is 92.8 cm³/mol. The van der Waals surface area contributed by atoms with Gasteiger partial charge in [0.15, 0.2) is 0 Å². The van der Waals surface area contributed by atoms with Crippen LogP contribution in [0, 0.1) is 40.4 Å². The summed E-state index contributed by atoms with van der Waals surface area (Å²) in [5, 5.41) is 22.1. The van der Waals surface area contributed by atoms with Gasteiger partial charge in [0.2, 0.25) is 0 Å². The molecule has 0 radical (unpaired) electrons. The molecule has 0 aromatic heterocycles. The number of hydrogen-bond donors (Lipinski definition) is 2. The molecule has 4 aliphatic rings. The van der Waals surface area contributed by atoms with Crippen LogP contribution in [-0.4, -0.2) is 22.4 Å². The second kappa shape index (κ2) is 5.08. The van der Waals surface area contributed by atoms with Crippen molar-refractivity contribution in [3.05, 3.63) is 12.2 Å². The Balaban J connectivity index is 1.73. The highest BCUT2D eigenvalue weighted by atomic mass is 16.3. The maximum absolute atomic E-state index is 11.1. The molecule has 4 fully saturated rings. The van der Waals surface area contributed by atoms with E-state index in [9.17, 15) is 10.2 Å². The molecule has 0 spiro atoms. The molecule has 0 heterocycles. The van der Waals surface area contributed by atoms with Crippen LogP contribution in [0.5, 0.6) is 0 Å². The van der Waals surface area contributed by atoms with E-state index >= 15 is 0 Å². The molecule has 0 bridgehead atoms. The van der Waals surface area contributed by atoms with Crippen LogP contribution in [0.25, 0.3) is 0 Å². The first-order valence-electron chi connectivity index (χ1n) is 9.83. The lowest BCUT2D eigenvalue weighted by atomic mass is 9.43. The van der Waals surface area contributed by atoms with Crippen molar-refractivity contribution in [1.82, 2.24) is 0 Å². The van der Waals surface area contributed by atoms with E-state index in [2.05, 4.69) is 27.4 Å². The summed E-state index contributed by atoms with van der Waals surface area (Å²) in [6, 6.07) is 0. The average molecular weight is 319 g/mol. The molecule has 0 aromatic rings. The van der Waals surface area contributed by atoms with Gasteiger partial charge in [-0.2, -0.15) is 0 Å². The van der Waals surface area contributed by atoms with Crippen LogP contribution in [0.1, 0.15) is 65.7 Å². The van der Waals surface area contributed by atoms with Crippen LogP contribution in [-0.2, 0) is 0 Å². The predicted octanol–water partition coefficient (Wildman–Crippen LogP) is 4.16. The number of allylic oxidation sites excluding steroid dienone is 1. The van der Waals surface area contributed by atoms with Crippen molar-refractivity contribution in [2.45, 2.75) is 77.9 Å². The van der Waals surface area contributed by atoms with Crippen molar-refractivity contribution in [2.24, 2.45) is 40.4 Å². The zero-order valence-electron chi connectivity index (χ0n) is 15.1. The molecular weight excluding hydrogens is 284 g/mol. The molecule has 0 amide bonds. The Kier molecular flexibility index (Phi) is 3.57. The molecule has 0 unspecified atom stereocenters. The van der Waals surface area contributed by atoms with Gasteiger partial charge in [0.05, 0.1) is 12.2 Å². The van der Waals surface area contributed by atoms with Crippen LogP contribution in [0.4, 0.5) is 0 Å². The Morgan fingerprint density at radius 3 is 2.43 bits per heavy atom. The number of aliphatic hydroxyl groups is 2. The quantitative estimate of drug-likeness (QED) is 0.658. The van der Waals surface area contributed by atoms with Gasteiger partial charge in [0.1, 0.15) is 0 Å². The molecule has 4 saturated carbocycles. The van der Waals surface area contributed by atoms with Gasteiger partial charge >= 0.3 is 0 Å².